The van der Waals surface area contributed by atoms with Gasteiger partial charge in [-0.3, -0.25) is 4.90 Å². The van der Waals surface area contributed by atoms with Crippen molar-refractivity contribution in [1.82, 2.24) is 4.90 Å². The number of hydrogen-bond acceptors (Lipinski definition) is 6. The van der Waals surface area contributed by atoms with Gasteiger partial charge in [-0.1, -0.05) is 30.3 Å². The Hall–Kier alpha value is -1.47. The van der Waals surface area contributed by atoms with E-state index in [0.29, 0.717) is 18.4 Å². The minimum Gasteiger partial charge on any atom is -0.460 e. The second-order valence-corrected chi connectivity index (χ2v) is 6.75. The molecule has 0 aliphatic carbocycles. The number of ether oxygens (including phenoxy) is 2. The van der Waals surface area contributed by atoms with Gasteiger partial charge in [0.1, 0.15) is 18.3 Å². The van der Waals surface area contributed by atoms with Crippen LogP contribution in [-0.4, -0.2) is 65.1 Å². The van der Waals surface area contributed by atoms with E-state index in [-0.39, 0.29) is 30.4 Å². The lowest BCUT2D eigenvalue weighted by atomic mass is 9.94. The fourth-order valence-corrected chi connectivity index (χ4v) is 4.03. The minimum atomic E-state index is -2.01. The summed E-state index contributed by atoms with van der Waals surface area (Å²) in [6.07, 6.45) is 1.69. The maximum Gasteiger partial charge on any atom is 0.345 e. The number of likely N-dealkylation sites (N-methyl/N-ethyl adjacent to an activating group) is 1. The fraction of sp³-hybridized carbons (Fsp3) is 0.588. The Bertz CT molecular complexity index is 590. The van der Waals surface area contributed by atoms with Crippen molar-refractivity contribution in [2.75, 3.05) is 13.7 Å². The molecule has 1 aromatic rings. The molecule has 1 unspecified atom stereocenters. The molecule has 6 nitrogen and oxygen atoms in total. The number of rotatable bonds is 4. The van der Waals surface area contributed by atoms with Crippen LogP contribution in [0.4, 0.5) is 0 Å². The smallest absolute Gasteiger partial charge is 0.345 e. The Labute approximate surface area is 134 Å². The zero-order valence-electron chi connectivity index (χ0n) is 13.0. The van der Waals surface area contributed by atoms with Crippen molar-refractivity contribution < 1.29 is 24.5 Å². The number of morpholine rings is 1. The fourth-order valence-electron chi connectivity index (χ4n) is 4.03. The van der Waals surface area contributed by atoms with E-state index in [9.17, 15) is 15.0 Å². The first kappa shape index (κ1) is 15.1. The highest BCUT2D eigenvalue weighted by atomic mass is 16.6. The molecule has 0 radical (unpaired) electrons. The number of carbonyl (C=O) groups is 1. The predicted octanol–water partition coefficient (Wildman–Crippen LogP) is 0.0221. The third-order valence-corrected chi connectivity index (χ3v) is 5.47. The van der Waals surface area contributed by atoms with Crippen LogP contribution < -0.4 is 0 Å². The van der Waals surface area contributed by atoms with Crippen LogP contribution in [-0.2, 0) is 19.9 Å². The van der Waals surface area contributed by atoms with Crippen LogP contribution in [0.15, 0.2) is 30.3 Å². The molecule has 124 valence electrons. The first-order valence-electron chi connectivity index (χ1n) is 8.02. The normalized spacial score (nSPS) is 37.8. The number of fused-ring (bicyclic) bond motifs is 5. The highest BCUT2D eigenvalue weighted by molar-refractivity contribution is 5.81. The summed E-state index contributed by atoms with van der Waals surface area (Å²) >= 11 is 0. The summed E-state index contributed by atoms with van der Waals surface area (Å²) in [5.74, 6) is -0.783. The Morgan fingerprint density at radius 2 is 1.91 bits per heavy atom. The Kier molecular flexibility index (Phi) is 3.46. The van der Waals surface area contributed by atoms with Crippen LogP contribution in [0, 0.1) is 0 Å². The van der Waals surface area contributed by atoms with Gasteiger partial charge in [-0.15, -0.1) is 0 Å². The molecule has 6 heteroatoms. The first-order chi connectivity index (χ1) is 11.0. The predicted molar refractivity (Wildman–Crippen MR) is 80.5 cm³/mol. The Morgan fingerprint density at radius 1 is 1.30 bits per heavy atom. The van der Waals surface area contributed by atoms with Gasteiger partial charge in [-0.2, -0.15) is 0 Å². The van der Waals surface area contributed by atoms with Gasteiger partial charge in [0, 0.05) is 24.9 Å². The molecular weight excluding hydrogens is 298 g/mol. The number of aliphatic hydroxyl groups is 2. The molecule has 3 heterocycles. The number of benzene rings is 1. The van der Waals surface area contributed by atoms with E-state index in [1.54, 1.807) is 30.3 Å². The van der Waals surface area contributed by atoms with Gasteiger partial charge in [0.2, 0.25) is 5.60 Å². The molecule has 0 spiro atoms. The molecule has 0 aromatic heterocycles. The molecule has 0 saturated carbocycles. The van der Waals surface area contributed by atoms with Crippen molar-refractivity contribution in [2.24, 2.45) is 0 Å². The van der Waals surface area contributed by atoms with Gasteiger partial charge < -0.3 is 19.7 Å². The number of epoxide rings is 1. The van der Waals surface area contributed by atoms with E-state index >= 15 is 0 Å². The number of esters is 1. The van der Waals surface area contributed by atoms with E-state index < -0.39 is 18.2 Å². The summed E-state index contributed by atoms with van der Waals surface area (Å²) in [5, 5.41) is 20.2. The molecule has 3 saturated heterocycles. The van der Waals surface area contributed by atoms with Gasteiger partial charge >= 0.3 is 5.97 Å². The maximum absolute atomic E-state index is 12.5. The van der Waals surface area contributed by atoms with E-state index in [4.69, 9.17) is 9.47 Å². The van der Waals surface area contributed by atoms with E-state index in [1.807, 2.05) is 0 Å². The molecular formula is C17H21NO5. The van der Waals surface area contributed by atoms with Gasteiger partial charge in [0.25, 0.3) is 0 Å². The van der Waals surface area contributed by atoms with Gasteiger partial charge in [-0.25, -0.2) is 4.79 Å². The number of piperidine rings is 1. The minimum absolute atomic E-state index is 0.244. The second kappa shape index (κ2) is 5.27. The van der Waals surface area contributed by atoms with Gasteiger partial charge in [0.15, 0.2) is 0 Å². The van der Waals surface area contributed by atoms with Crippen molar-refractivity contribution >= 4 is 5.97 Å². The van der Waals surface area contributed by atoms with Crippen LogP contribution >= 0.6 is 0 Å². The topological polar surface area (TPSA) is 82.5 Å². The highest BCUT2D eigenvalue weighted by Gasteiger charge is 2.63. The number of carbonyl (C=O) groups excluding carboxylic acids is 1. The van der Waals surface area contributed by atoms with E-state index in [0.717, 1.165) is 0 Å². The van der Waals surface area contributed by atoms with Crippen molar-refractivity contribution in [3.05, 3.63) is 35.9 Å². The van der Waals surface area contributed by atoms with Crippen LogP contribution in [0.2, 0.25) is 0 Å². The summed E-state index contributed by atoms with van der Waals surface area (Å²) < 4.78 is 11.2. The van der Waals surface area contributed by atoms with Crippen LogP contribution in [0.3, 0.4) is 0 Å². The Balaban J connectivity index is 1.47. The summed E-state index contributed by atoms with van der Waals surface area (Å²) in [4.78, 5) is 14.8. The Morgan fingerprint density at radius 3 is 2.48 bits per heavy atom. The zero-order chi connectivity index (χ0) is 16.2. The van der Waals surface area contributed by atoms with Crippen molar-refractivity contribution in [3.63, 3.8) is 0 Å². The average Bonchev–Trinajstić information content (AvgIpc) is 3.33. The summed E-state index contributed by atoms with van der Waals surface area (Å²) in [7, 11) is 2.08. The molecule has 2 bridgehead atoms. The summed E-state index contributed by atoms with van der Waals surface area (Å²) in [5.41, 5.74) is -1.67. The molecule has 4 rings (SSSR count). The van der Waals surface area contributed by atoms with Crippen LogP contribution in [0.1, 0.15) is 18.4 Å². The van der Waals surface area contributed by atoms with Crippen molar-refractivity contribution in [1.29, 1.82) is 0 Å². The van der Waals surface area contributed by atoms with Gasteiger partial charge in [0.05, 0.1) is 6.61 Å². The van der Waals surface area contributed by atoms with Crippen LogP contribution in [0.5, 0.6) is 0 Å². The van der Waals surface area contributed by atoms with E-state index in [2.05, 4.69) is 11.9 Å². The summed E-state index contributed by atoms with van der Waals surface area (Å²) in [6, 6.07) is 8.98. The maximum atomic E-state index is 12.5. The lowest BCUT2D eigenvalue weighted by molar-refractivity contribution is -0.181. The lowest BCUT2D eigenvalue weighted by Crippen LogP contribution is -2.50. The van der Waals surface area contributed by atoms with Crippen molar-refractivity contribution in [3.8, 4) is 0 Å². The summed E-state index contributed by atoms with van der Waals surface area (Å²) in [6.45, 7) is -0.705. The molecule has 0 amide bonds. The lowest BCUT2D eigenvalue weighted by Gasteiger charge is -2.38. The average molecular weight is 319 g/mol. The molecule has 3 fully saturated rings. The van der Waals surface area contributed by atoms with Crippen molar-refractivity contribution in [2.45, 2.75) is 48.8 Å². The third-order valence-electron chi connectivity index (χ3n) is 5.47. The molecule has 1 aromatic carbocycles. The monoisotopic (exact) mass is 319 g/mol. The molecule has 3 aliphatic rings. The molecule has 3 aliphatic heterocycles. The second-order valence-electron chi connectivity index (χ2n) is 6.75. The quantitative estimate of drug-likeness (QED) is 0.601. The molecule has 6 atom stereocenters. The van der Waals surface area contributed by atoms with Crippen LogP contribution in [0.25, 0.3) is 0 Å². The number of aliphatic hydroxyl groups excluding tert-OH is 1. The number of hydrogen-bond donors (Lipinski definition) is 2. The first-order valence-corrected chi connectivity index (χ1v) is 8.02. The molecule has 2 N–H and O–H groups in total. The van der Waals surface area contributed by atoms with Gasteiger partial charge in [-0.05, 0) is 12.6 Å². The van der Waals surface area contributed by atoms with E-state index in [1.165, 1.54) is 0 Å². The highest BCUT2D eigenvalue weighted by Crippen LogP contribution is 2.48. The third kappa shape index (κ3) is 2.29. The number of nitrogens with zero attached hydrogens (tertiary/aromatic N) is 1. The SMILES string of the molecule is CN1[C@@H]2CC(OC(=O)[C@@](O)(CO)c3ccccc3)C[C@H]1[C@H]1O[C@@H]12. The molecule has 23 heavy (non-hydrogen) atoms. The standard InChI is InChI=1S/C17H21NO5/c1-18-12-7-11(8-13(18)15-14(12)23-15)22-16(20)17(21,9-19)10-5-3-2-4-6-10/h2-6,11-15,19,21H,7-9H2,1H3/t11?,12-,13+,14-,15-,17-/m1/s1. The zero-order valence-corrected chi connectivity index (χ0v) is 13.0. The largest absolute Gasteiger partial charge is 0.460 e.